The minimum Gasteiger partial charge on any atom is -0.344 e. The molecule has 3 amide bonds. The molecule has 122 valence electrons. The van der Waals surface area contributed by atoms with Gasteiger partial charge in [-0.3, -0.25) is 19.4 Å². The molecular weight excluding hydrogens is 308 g/mol. The number of carbonyl (C=O) groups excluding carboxylic acids is 3. The average molecular weight is 324 g/mol. The Labute approximate surface area is 138 Å². The second-order valence-corrected chi connectivity index (χ2v) is 5.41. The quantitative estimate of drug-likeness (QED) is 0.806. The van der Waals surface area contributed by atoms with Crippen molar-refractivity contribution < 1.29 is 14.4 Å². The average Bonchev–Trinajstić information content (AvgIpc) is 2.86. The van der Waals surface area contributed by atoms with E-state index < -0.39 is 17.9 Å². The standard InChI is InChI=1S/C17H16N4O3/c1-21-13-7-3-2-6-12(13)14(17(21)24)20-16(23)15(22)19-10-11-5-4-8-18-9-11/h2-9,14H,10H2,1H3,(H,19,22)(H,20,23)/t14-/m0/s1. The van der Waals surface area contributed by atoms with Crippen molar-refractivity contribution in [2.24, 2.45) is 0 Å². The van der Waals surface area contributed by atoms with Gasteiger partial charge in [-0.1, -0.05) is 24.3 Å². The monoisotopic (exact) mass is 324 g/mol. The largest absolute Gasteiger partial charge is 0.344 e. The fourth-order valence-electron chi connectivity index (χ4n) is 2.58. The molecule has 1 atom stereocenters. The second-order valence-electron chi connectivity index (χ2n) is 5.41. The first kappa shape index (κ1) is 15.7. The van der Waals surface area contributed by atoms with Crippen molar-refractivity contribution in [2.45, 2.75) is 12.6 Å². The predicted molar refractivity (Wildman–Crippen MR) is 86.8 cm³/mol. The number of anilines is 1. The first-order valence-corrected chi connectivity index (χ1v) is 7.42. The number of pyridine rings is 1. The Balaban J connectivity index is 1.64. The van der Waals surface area contributed by atoms with E-state index in [9.17, 15) is 14.4 Å². The highest BCUT2D eigenvalue weighted by molar-refractivity contribution is 6.35. The normalized spacial score (nSPS) is 15.8. The molecule has 0 aliphatic carbocycles. The Kier molecular flexibility index (Phi) is 4.24. The molecular formula is C17H16N4O3. The summed E-state index contributed by atoms with van der Waals surface area (Å²) >= 11 is 0. The molecule has 7 heteroatoms. The smallest absolute Gasteiger partial charge is 0.310 e. The third-order valence-electron chi connectivity index (χ3n) is 3.84. The molecule has 1 aromatic heterocycles. The van der Waals surface area contributed by atoms with Crippen LogP contribution in [0.3, 0.4) is 0 Å². The maximum Gasteiger partial charge on any atom is 0.310 e. The lowest BCUT2D eigenvalue weighted by molar-refractivity contribution is -0.140. The molecule has 0 fully saturated rings. The number of nitrogens with zero attached hydrogens (tertiary/aromatic N) is 2. The van der Waals surface area contributed by atoms with Crippen LogP contribution in [-0.2, 0) is 20.9 Å². The van der Waals surface area contributed by atoms with Gasteiger partial charge in [0.1, 0.15) is 6.04 Å². The fourth-order valence-corrected chi connectivity index (χ4v) is 2.58. The summed E-state index contributed by atoms with van der Waals surface area (Å²) in [6.45, 7) is 0.190. The van der Waals surface area contributed by atoms with Gasteiger partial charge in [-0.2, -0.15) is 0 Å². The number of rotatable bonds is 3. The van der Waals surface area contributed by atoms with E-state index in [1.165, 1.54) is 4.90 Å². The van der Waals surface area contributed by atoms with Crippen LogP contribution < -0.4 is 15.5 Å². The van der Waals surface area contributed by atoms with E-state index in [0.717, 1.165) is 11.3 Å². The third-order valence-corrected chi connectivity index (χ3v) is 3.84. The summed E-state index contributed by atoms with van der Waals surface area (Å²) in [5.74, 6) is -1.91. The number of hydrogen-bond acceptors (Lipinski definition) is 4. The molecule has 0 saturated heterocycles. The minimum atomic E-state index is -0.845. The van der Waals surface area contributed by atoms with Crippen LogP contribution in [0, 0.1) is 0 Å². The Morgan fingerprint density at radius 2 is 1.96 bits per heavy atom. The van der Waals surface area contributed by atoms with Crippen molar-refractivity contribution in [3.8, 4) is 0 Å². The molecule has 2 aromatic rings. The zero-order valence-electron chi connectivity index (χ0n) is 13.0. The molecule has 0 bridgehead atoms. The highest BCUT2D eigenvalue weighted by atomic mass is 16.2. The van der Waals surface area contributed by atoms with E-state index in [4.69, 9.17) is 0 Å². The van der Waals surface area contributed by atoms with Gasteiger partial charge in [0.25, 0.3) is 5.91 Å². The van der Waals surface area contributed by atoms with E-state index in [1.54, 1.807) is 49.8 Å². The summed E-state index contributed by atoms with van der Waals surface area (Å²) in [7, 11) is 1.63. The van der Waals surface area contributed by atoms with Crippen LogP contribution >= 0.6 is 0 Å². The first-order valence-electron chi connectivity index (χ1n) is 7.42. The van der Waals surface area contributed by atoms with Gasteiger partial charge in [-0.15, -0.1) is 0 Å². The molecule has 0 spiro atoms. The molecule has 2 heterocycles. The third kappa shape index (κ3) is 2.96. The van der Waals surface area contributed by atoms with Gasteiger partial charge in [0.05, 0.1) is 0 Å². The van der Waals surface area contributed by atoms with E-state index in [-0.39, 0.29) is 12.5 Å². The molecule has 1 aromatic carbocycles. The lowest BCUT2D eigenvalue weighted by Gasteiger charge is -2.13. The molecule has 1 aliphatic heterocycles. The lowest BCUT2D eigenvalue weighted by atomic mass is 10.1. The topological polar surface area (TPSA) is 91.4 Å². The molecule has 2 N–H and O–H groups in total. The number of fused-ring (bicyclic) bond motifs is 1. The van der Waals surface area contributed by atoms with Crippen LogP contribution in [0.4, 0.5) is 5.69 Å². The number of amides is 3. The summed E-state index contributed by atoms with van der Waals surface area (Å²) in [5, 5.41) is 5.00. The Bertz CT molecular complexity index is 791. The number of hydrogen-bond donors (Lipinski definition) is 2. The summed E-state index contributed by atoms with van der Waals surface area (Å²) in [4.78, 5) is 41.7. The SMILES string of the molecule is CN1C(=O)[C@@H](NC(=O)C(=O)NCc2cccnc2)c2ccccc21. The highest BCUT2D eigenvalue weighted by Crippen LogP contribution is 2.34. The molecule has 24 heavy (non-hydrogen) atoms. The van der Waals surface area contributed by atoms with E-state index in [1.807, 2.05) is 6.07 Å². The second kappa shape index (κ2) is 6.49. The van der Waals surface area contributed by atoms with Crippen LogP contribution in [0.15, 0.2) is 48.8 Å². The number of carbonyl (C=O) groups is 3. The Morgan fingerprint density at radius 3 is 2.71 bits per heavy atom. The first-order chi connectivity index (χ1) is 11.6. The summed E-state index contributed by atoms with van der Waals surface area (Å²) in [5.41, 5.74) is 2.18. The molecule has 0 unspecified atom stereocenters. The molecule has 7 nitrogen and oxygen atoms in total. The van der Waals surface area contributed by atoms with Gasteiger partial charge in [-0.05, 0) is 17.7 Å². The molecule has 0 radical (unpaired) electrons. The van der Waals surface area contributed by atoms with E-state index >= 15 is 0 Å². The van der Waals surface area contributed by atoms with Gasteiger partial charge >= 0.3 is 11.8 Å². The molecule has 0 saturated carbocycles. The van der Waals surface area contributed by atoms with Crippen molar-refractivity contribution in [1.29, 1.82) is 0 Å². The van der Waals surface area contributed by atoms with Gasteiger partial charge in [0.2, 0.25) is 0 Å². The maximum atomic E-state index is 12.3. The summed E-state index contributed by atoms with van der Waals surface area (Å²) in [6, 6.07) is 9.84. The van der Waals surface area contributed by atoms with Gasteiger partial charge in [0.15, 0.2) is 0 Å². The van der Waals surface area contributed by atoms with Gasteiger partial charge in [-0.25, -0.2) is 0 Å². The predicted octanol–water partition coefficient (Wildman–Crippen LogP) is 0.532. The number of benzene rings is 1. The minimum absolute atomic E-state index is 0.190. The van der Waals surface area contributed by atoms with E-state index in [2.05, 4.69) is 15.6 Å². The molecule has 3 rings (SSSR count). The highest BCUT2D eigenvalue weighted by Gasteiger charge is 2.36. The number of nitrogens with one attached hydrogen (secondary N) is 2. The summed E-state index contributed by atoms with van der Waals surface area (Å²) < 4.78 is 0. The van der Waals surface area contributed by atoms with Gasteiger partial charge < -0.3 is 15.5 Å². The van der Waals surface area contributed by atoms with Crippen molar-refractivity contribution in [3.05, 3.63) is 59.9 Å². The lowest BCUT2D eigenvalue weighted by Crippen LogP contribution is -2.43. The number of para-hydroxylation sites is 1. The number of likely N-dealkylation sites (N-methyl/N-ethyl adjacent to an activating group) is 1. The molecule has 1 aliphatic rings. The zero-order chi connectivity index (χ0) is 17.1. The van der Waals surface area contributed by atoms with Crippen LogP contribution in [0.5, 0.6) is 0 Å². The van der Waals surface area contributed by atoms with Crippen molar-refractivity contribution in [1.82, 2.24) is 15.6 Å². The van der Waals surface area contributed by atoms with Gasteiger partial charge in [0, 0.05) is 37.2 Å². The van der Waals surface area contributed by atoms with Crippen LogP contribution in [0.2, 0.25) is 0 Å². The van der Waals surface area contributed by atoms with Crippen LogP contribution in [-0.4, -0.2) is 29.8 Å². The zero-order valence-corrected chi connectivity index (χ0v) is 13.0. The van der Waals surface area contributed by atoms with Crippen molar-refractivity contribution in [2.75, 3.05) is 11.9 Å². The van der Waals surface area contributed by atoms with Crippen molar-refractivity contribution in [3.63, 3.8) is 0 Å². The summed E-state index contributed by atoms with van der Waals surface area (Å²) in [6.07, 6.45) is 3.22. The fraction of sp³-hybridized carbons (Fsp3) is 0.176. The van der Waals surface area contributed by atoms with Crippen LogP contribution in [0.25, 0.3) is 0 Å². The van der Waals surface area contributed by atoms with Crippen LogP contribution in [0.1, 0.15) is 17.2 Å². The van der Waals surface area contributed by atoms with E-state index in [0.29, 0.717) is 5.56 Å². The maximum absolute atomic E-state index is 12.3. The number of aromatic nitrogens is 1. The Hall–Kier alpha value is -3.22. The Morgan fingerprint density at radius 1 is 1.17 bits per heavy atom. The van der Waals surface area contributed by atoms with Crippen molar-refractivity contribution >= 4 is 23.4 Å².